The normalized spacial score (nSPS) is 15.9. The summed E-state index contributed by atoms with van der Waals surface area (Å²) >= 11 is 0. The lowest BCUT2D eigenvalue weighted by Crippen LogP contribution is -2.28. The number of aromatic hydroxyl groups is 1. The van der Waals surface area contributed by atoms with Gasteiger partial charge in [0.15, 0.2) is 0 Å². The Kier molecular flexibility index (Phi) is 5.09. The molecule has 0 fully saturated rings. The molecule has 2 unspecified atom stereocenters. The van der Waals surface area contributed by atoms with Gasteiger partial charge in [-0.25, -0.2) is 0 Å². The third-order valence-electron chi connectivity index (χ3n) is 3.74. The number of rotatable bonds is 3. The van der Waals surface area contributed by atoms with E-state index in [1.807, 2.05) is 26.8 Å². The number of hydrogen-bond acceptors (Lipinski definition) is 4. The second-order valence-corrected chi connectivity index (χ2v) is 7.71. The molecular weight excluding hydrogens is 266 g/mol. The highest BCUT2D eigenvalue weighted by Gasteiger charge is 2.29. The molecule has 0 saturated heterocycles. The topological polar surface area (TPSA) is 86.7 Å². The molecule has 0 aliphatic carbocycles. The van der Waals surface area contributed by atoms with E-state index in [1.165, 1.54) is 0 Å². The molecule has 0 spiro atoms. The van der Waals surface area contributed by atoms with Crippen LogP contribution in [0.1, 0.15) is 64.3 Å². The second-order valence-electron chi connectivity index (χ2n) is 7.71. The Bertz CT molecular complexity index is 498. The van der Waals surface area contributed by atoms with Gasteiger partial charge >= 0.3 is 0 Å². The molecule has 1 aromatic carbocycles. The van der Waals surface area contributed by atoms with Crippen LogP contribution in [0, 0.1) is 0 Å². The quantitative estimate of drug-likeness (QED) is 0.689. The highest BCUT2D eigenvalue weighted by atomic mass is 16.3. The molecule has 0 saturated carbocycles. The van der Waals surface area contributed by atoms with Crippen LogP contribution in [0.3, 0.4) is 0 Å². The minimum absolute atomic E-state index is 0.0375. The minimum atomic E-state index is -1.20. The lowest BCUT2D eigenvalue weighted by Gasteiger charge is -2.29. The molecule has 0 radical (unpaired) electrons. The van der Waals surface area contributed by atoms with Crippen LogP contribution in [0.15, 0.2) is 12.1 Å². The van der Waals surface area contributed by atoms with Gasteiger partial charge in [-0.2, -0.15) is 0 Å². The lowest BCUT2D eigenvalue weighted by molar-refractivity contribution is 0.0227. The van der Waals surface area contributed by atoms with Gasteiger partial charge in [0.1, 0.15) is 11.9 Å². The molecule has 4 heteroatoms. The Morgan fingerprint density at radius 3 is 1.90 bits per heavy atom. The molecule has 120 valence electrons. The third-order valence-corrected chi connectivity index (χ3v) is 3.74. The van der Waals surface area contributed by atoms with E-state index in [2.05, 4.69) is 20.8 Å². The fourth-order valence-electron chi connectivity index (χ4n) is 2.22. The first-order chi connectivity index (χ1) is 9.39. The average Bonchev–Trinajstić information content (AvgIpc) is 2.34. The van der Waals surface area contributed by atoms with Crippen molar-refractivity contribution in [1.29, 1.82) is 0 Å². The summed E-state index contributed by atoms with van der Waals surface area (Å²) in [6, 6.07) is 3.73. The average molecular weight is 295 g/mol. The molecule has 0 amide bonds. The van der Waals surface area contributed by atoms with Crippen LogP contribution in [-0.2, 0) is 10.8 Å². The van der Waals surface area contributed by atoms with Crippen molar-refractivity contribution in [1.82, 2.24) is 0 Å². The van der Waals surface area contributed by atoms with Gasteiger partial charge in [-0.3, -0.25) is 0 Å². The van der Waals surface area contributed by atoms with Crippen LogP contribution in [0.25, 0.3) is 0 Å². The Balaban J connectivity index is 3.56. The molecule has 0 heterocycles. The molecule has 2 atom stereocenters. The van der Waals surface area contributed by atoms with Gasteiger partial charge in [0.25, 0.3) is 0 Å². The van der Waals surface area contributed by atoms with Crippen LogP contribution in [0.4, 0.5) is 0 Å². The molecule has 5 N–H and O–H groups in total. The van der Waals surface area contributed by atoms with Crippen LogP contribution in [0.5, 0.6) is 5.75 Å². The number of hydrogen-bond donors (Lipinski definition) is 4. The van der Waals surface area contributed by atoms with Crippen molar-refractivity contribution in [2.45, 2.75) is 64.6 Å². The molecule has 0 aromatic heterocycles. The smallest absolute Gasteiger partial charge is 0.125 e. The largest absolute Gasteiger partial charge is 0.507 e. The first-order valence-electron chi connectivity index (χ1n) is 7.33. The molecule has 0 aliphatic rings. The summed E-state index contributed by atoms with van der Waals surface area (Å²) in [5.41, 5.74) is 7.12. The maximum Gasteiger partial charge on any atom is 0.125 e. The van der Waals surface area contributed by atoms with Crippen molar-refractivity contribution in [3.8, 4) is 5.75 Å². The van der Waals surface area contributed by atoms with Crippen LogP contribution >= 0.6 is 0 Å². The number of phenolic OH excluding ortho intramolecular Hbond substituents is 1. The van der Waals surface area contributed by atoms with Crippen molar-refractivity contribution in [2.75, 3.05) is 6.54 Å². The van der Waals surface area contributed by atoms with Crippen LogP contribution in [0.2, 0.25) is 0 Å². The monoisotopic (exact) mass is 295 g/mol. The number of nitrogens with two attached hydrogens (primary N) is 1. The Labute approximate surface area is 127 Å². The predicted molar refractivity (Wildman–Crippen MR) is 85.5 cm³/mol. The summed E-state index contributed by atoms with van der Waals surface area (Å²) in [5, 5.41) is 30.6. The predicted octanol–water partition coefficient (Wildman–Crippen LogP) is 2.34. The van der Waals surface area contributed by atoms with Gasteiger partial charge < -0.3 is 21.1 Å². The Morgan fingerprint density at radius 2 is 1.52 bits per heavy atom. The van der Waals surface area contributed by atoms with E-state index in [9.17, 15) is 15.3 Å². The SMILES string of the molecule is CC(C)(C)c1cc(C(O)C(O)CN)c(O)c(C(C)(C)C)c1. The van der Waals surface area contributed by atoms with Gasteiger partial charge in [0.05, 0.1) is 6.10 Å². The van der Waals surface area contributed by atoms with E-state index >= 15 is 0 Å². The molecule has 0 aliphatic heterocycles. The summed E-state index contributed by atoms with van der Waals surface area (Å²) in [5.74, 6) is 0.0375. The van der Waals surface area contributed by atoms with E-state index in [0.717, 1.165) is 11.1 Å². The fraction of sp³-hybridized carbons (Fsp3) is 0.647. The van der Waals surface area contributed by atoms with Crippen molar-refractivity contribution < 1.29 is 15.3 Å². The van der Waals surface area contributed by atoms with Crippen LogP contribution < -0.4 is 5.73 Å². The highest BCUT2D eigenvalue weighted by molar-refractivity contribution is 5.49. The maximum atomic E-state index is 10.5. The summed E-state index contributed by atoms with van der Waals surface area (Å²) in [4.78, 5) is 0. The standard InChI is InChI=1S/C17H29NO3/c1-16(2,3)10-7-11(15(21)13(19)9-18)14(20)12(8-10)17(4,5)6/h7-8,13,15,19-21H,9,18H2,1-6H3. The zero-order valence-corrected chi connectivity index (χ0v) is 13.9. The zero-order chi connectivity index (χ0) is 16.6. The number of benzene rings is 1. The molecular formula is C17H29NO3. The zero-order valence-electron chi connectivity index (χ0n) is 13.9. The number of aliphatic hydroxyl groups is 2. The number of aliphatic hydroxyl groups excluding tert-OH is 2. The first kappa shape index (κ1) is 18.0. The molecule has 1 rings (SSSR count). The van der Waals surface area contributed by atoms with Crippen molar-refractivity contribution in [2.24, 2.45) is 5.73 Å². The third kappa shape index (κ3) is 3.96. The molecule has 21 heavy (non-hydrogen) atoms. The van der Waals surface area contributed by atoms with Crippen molar-refractivity contribution in [3.63, 3.8) is 0 Å². The summed E-state index contributed by atoms with van der Waals surface area (Å²) < 4.78 is 0. The van der Waals surface area contributed by atoms with E-state index in [-0.39, 0.29) is 23.1 Å². The van der Waals surface area contributed by atoms with Crippen molar-refractivity contribution >= 4 is 0 Å². The summed E-state index contributed by atoms with van der Waals surface area (Å²) in [6.07, 6.45) is -2.29. The van der Waals surface area contributed by atoms with Gasteiger partial charge in [-0.05, 0) is 28.0 Å². The molecule has 1 aromatic rings. The van der Waals surface area contributed by atoms with Crippen molar-refractivity contribution in [3.05, 3.63) is 28.8 Å². The summed E-state index contributed by atoms with van der Waals surface area (Å²) in [6.45, 7) is 12.2. The number of phenols is 1. The Morgan fingerprint density at radius 1 is 1.00 bits per heavy atom. The van der Waals surface area contributed by atoms with Gasteiger partial charge in [-0.1, -0.05) is 47.6 Å². The Hall–Kier alpha value is -1.10. The molecule has 0 bridgehead atoms. The molecule has 4 nitrogen and oxygen atoms in total. The minimum Gasteiger partial charge on any atom is -0.507 e. The maximum absolute atomic E-state index is 10.5. The lowest BCUT2D eigenvalue weighted by atomic mass is 9.78. The van der Waals surface area contributed by atoms with Gasteiger partial charge in [-0.15, -0.1) is 0 Å². The highest BCUT2D eigenvalue weighted by Crippen LogP contribution is 2.40. The van der Waals surface area contributed by atoms with E-state index < -0.39 is 12.2 Å². The second kappa shape index (κ2) is 5.95. The van der Waals surface area contributed by atoms with E-state index in [4.69, 9.17) is 5.73 Å². The van der Waals surface area contributed by atoms with Gasteiger partial charge in [0.2, 0.25) is 0 Å². The van der Waals surface area contributed by atoms with Gasteiger partial charge in [0, 0.05) is 12.1 Å². The van der Waals surface area contributed by atoms with E-state index in [1.54, 1.807) is 6.07 Å². The summed E-state index contributed by atoms with van der Waals surface area (Å²) in [7, 11) is 0. The van der Waals surface area contributed by atoms with Crippen LogP contribution in [-0.4, -0.2) is 28.0 Å². The fourth-order valence-corrected chi connectivity index (χ4v) is 2.22. The first-order valence-corrected chi connectivity index (χ1v) is 7.33. The van der Waals surface area contributed by atoms with E-state index in [0.29, 0.717) is 5.56 Å².